The number of ether oxygens (including phenoxy) is 3. The molecule has 0 aromatic carbocycles. The van der Waals surface area contributed by atoms with Gasteiger partial charge in [-0.15, -0.1) is 0 Å². The summed E-state index contributed by atoms with van der Waals surface area (Å²) in [5.74, 6) is -1.50. The third kappa shape index (κ3) is 10.2. The Labute approximate surface area is 277 Å². The van der Waals surface area contributed by atoms with Crippen molar-refractivity contribution in [3.63, 3.8) is 0 Å². The van der Waals surface area contributed by atoms with Gasteiger partial charge in [0, 0.05) is 29.6 Å². The average molecular weight is 641 g/mol. The predicted molar refractivity (Wildman–Crippen MR) is 182 cm³/mol. The second-order valence-electron chi connectivity index (χ2n) is 16.3. The van der Waals surface area contributed by atoms with E-state index in [0.29, 0.717) is 24.2 Å². The van der Waals surface area contributed by atoms with Gasteiger partial charge in [-0.2, -0.15) is 0 Å². The number of carbonyl (C=O) groups is 3. The van der Waals surface area contributed by atoms with Crippen molar-refractivity contribution in [3.8, 4) is 0 Å². The fourth-order valence-corrected chi connectivity index (χ4v) is 8.00. The van der Waals surface area contributed by atoms with E-state index in [2.05, 4.69) is 65.2 Å². The second kappa shape index (κ2) is 14.8. The second-order valence-corrected chi connectivity index (χ2v) is 16.3. The van der Waals surface area contributed by atoms with Crippen molar-refractivity contribution in [3.05, 3.63) is 45.8 Å². The highest BCUT2D eigenvalue weighted by atomic mass is 16.6. The molecule has 2 atom stereocenters. The van der Waals surface area contributed by atoms with Gasteiger partial charge in [-0.05, 0) is 118 Å². The van der Waals surface area contributed by atoms with Crippen LogP contribution in [0.25, 0.3) is 0 Å². The summed E-state index contributed by atoms with van der Waals surface area (Å²) < 4.78 is 15.9. The van der Waals surface area contributed by atoms with Gasteiger partial charge in [-0.1, -0.05) is 48.5 Å². The van der Waals surface area contributed by atoms with Gasteiger partial charge in [0.05, 0.1) is 19.8 Å². The number of hydrogen-bond donors (Lipinski definition) is 2. The topological polar surface area (TPSA) is 103 Å². The summed E-state index contributed by atoms with van der Waals surface area (Å²) in [6.45, 7) is 24.7. The molecule has 0 radical (unpaired) electrons. The standard InChI is InChI=1S/C38H60N2O6/c1-12-44-32(41)25(4)26-15-28(19-35(5,6)17-26)39-24-38(11)22-30(21-37(9,10)23-38)40-29-16-27(18-36(7,8)20-29)31(33(42)45-13-2)34(43)46-14-3/h15-16,30,39-40H,12-14,17-24H2,1-11H3/b26-25-. The van der Waals surface area contributed by atoms with Crippen LogP contribution in [0.2, 0.25) is 0 Å². The Morgan fingerprint density at radius 3 is 1.76 bits per heavy atom. The number of nitrogens with one attached hydrogen (secondary N) is 2. The molecule has 2 N–H and O–H groups in total. The maximum atomic E-state index is 12.9. The van der Waals surface area contributed by atoms with Crippen LogP contribution in [-0.4, -0.2) is 50.3 Å². The van der Waals surface area contributed by atoms with Gasteiger partial charge < -0.3 is 24.8 Å². The van der Waals surface area contributed by atoms with Crippen molar-refractivity contribution < 1.29 is 28.6 Å². The normalized spacial score (nSPS) is 26.2. The molecule has 2 unspecified atom stereocenters. The Morgan fingerprint density at radius 2 is 1.20 bits per heavy atom. The molecular weight excluding hydrogens is 580 g/mol. The van der Waals surface area contributed by atoms with Crippen molar-refractivity contribution in [2.24, 2.45) is 21.7 Å². The molecule has 0 amide bonds. The van der Waals surface area contributed by atoms with E-state index in [0.717, 1.165) is 56.3 Å². The maximum absolute atomic E-state index is 12.9. The first-order chi connectivity index (χ1) is 21.3. The molecule has 0 spiro atoms. The highest BCUT2D eigenvalue weighted by molar-refractivity contribution is 6.15. The average Bonchev–Trinajstić information content (AvgIpc) is 2.89. The molecule has 1 saturated carbocycles. The Bertz CT molecular complexity index is 1280. The van der Waals surface area contributed by atoms with E-state index < -0.39 is 11.9 Å². The molecule has 46 heavy (non-hydrogen) atoms. The van der Waals surface area contributed by atoms with Crippen molar-refractivity contribution in [1.29, 1.82) is 0 Å². The van der Waals surface area contributed by atoms with Crippen molar-refractivity contribution >= 4 is 17.9 Å². The van der Waals surface area contributed by atoms with E-state index in [1.807, 2.05) is 19.9 Å². The van der Waals surface area contributed by atoms with Crippen LogP contribution >= 0.6 is 0 Å². The Hall–Kier alpha value is -3.03. The fourth-order valence-electron chi connectivity index (χ4n) is 8.00. The third-order valence-corrected chi connectivity index (χ3v) is 9.29. The monoisotopic (exact) mass is 640 g/mol. The van der Waals surface area contributed by atoms with Gasteiger partial charge in [0.15, 0.2) is 0 Å². The van der Waals surface area contributed by atoms with E-state index in [1.54, 1.807) is 13.8 Å². The summed E-state index contributed by atoms with van der Waals surface area (Å²) in [4.78, 5) is 38.4. The SMILES string of the molecule is CCOC(=O)C(C(=O)OCC)=C1C=C(NC2CC(C)(C)CC(C)(CNC3=C/C(=C(\C)C(=O)OCC)CC(C)(C)C3)C2)CC(C)(C)C1. The van der Waals surface area contributed by atoms with Crippen LogP contribution in [0.5, 0.6) is 0 Å². The molecule has 0 aromatic rings. The minimum atomic E-state index is -0.627. The number of carbonyl (C=O) groups excluding carboxylic acids is 3. The zero-order valence-corrected chi connectivity index (χ0v) is 30.5. The molecule has 0 heterocycles. The van der Waals surface area contributed by atoms with E-state index in [1.165, 1.54) is 5.70 Å². The van der Waals surface area contributed by atoms with Crippen LogP contribution in [-0.2, 0) is 28.6 Å². The summed E-state index contributed by atoms with van der Waals surface area (Å²) >= 11 is 0. The number of rotatable bonds is 11. The van der Waals surface area contributed by atoms with Gasteiger partial charge in [0.2, 0.25) is 0 Å². The van der Waals surface area contributed by atoms with Crippen LogP contribution in [0, 0.1) is 21.7 Å². The van der Waals surface area contributed by atoms with Gasteiger partial charge in [0.25, 0.3) is 0 Å². The molecule has 258 valence electrons. The number of esters is 3. The molecule has 0 saturated heterocycles. The zero-order valence-electron chi connectivity index (χ0n) is 30.5. The maximum Gasteiger partial charge on any atom is 0.345 e. The quantitative estimate of drug-likeness (QED) is 0.0789. The predicted octanol–water partition coefficient (Wildman–Crippen LogP) is 7.46. The third-order valence-electron chi connectivity index (χ3n) is 9.29. The minimum Gasteiger partial charge on any atom is -0.463 e. The highest BCUT2D eigenvalue weighted by Crippen LogP contribution is 2.47. The smallest absolute Gasteiger partial charge is 0.345 e. The zero-order chi connectivity index (χ0) is 34.5. The summed E-state index contributed by atoms with van der Waals surface area (Å²) in [5.41, 5.74) is 4.63. The number of allylic oxidation sites excluding steroid dienone is 6. The van der Waals surface area contributed by atoms with Crippen molar-refractivity contribution in [2.75, 3.05) is 26.4 Å². The van der Waals surface area contributed by atoms with Gasteiger partial charge in [0.1, 0.15) is 5.57 Å². The molecule has 3 aliphatic rings. The lowest BCUT2D eigenvalue weighted by molar-refractivity contribution is -0.146. The van der Waals surface area contributed by atoms with Crippen LogP contribution in [0.3, 0.4) is 0 Å². The summed E-state index contributed by atoms with van der Waals surface area (Å²) in [6.07, 6.45) is 10.4. The first-order valence-corrected chi connectivity index (χ1v) is 17.2. The lowest BCUT2D eigenvalue weighted by atomic mass is 9.62. The highest BCUT2D eigenvalue weighted by Gasteiger charge is 2.42. The molecular formula is C38H60N2O6. The summed E-state index contributed by atoms with van der Waals surface area (Å²) in [6, 6.07) is 0.226. The molecule has 0 aliphatic heterocycles. The van der Waals surface area contributed by atoms with E-state index >= 15 is 0 Å². The van der Waals surface area contributed by atoms with Crippen molar-refractivity contribution in [2.45, 2.75) is 127 Å². The lowest BCUT2D eigenvalue weighted by Gasteiger charge is -2.48. The molecule has 0 bridgehead atoms. The summed E-state index contributed by atoms with van der Waals surface area (Å²) in [5, 5.41) is 7.68. The van der Waals surface area contributed by atoms with Gasteiger partial charge in [-0.3, -0.25) is 0 Å². The van der Waals surface area contributed by atoms with Gasteiger partial charge in [-0.25, -0.2) is 14.4 Å². The number of hydrogen-bond acceptors (Lipinski definition) is 8. The largest absolute Gasteiger partial charge is 0.463 e. The van der Waals surface area contributed by atoms with Crippen LogP contribution < -0.4 is 10.6 Å². The van der Waals surface area contributed by atoms with E-state index in [4.69, 9.17) is 14.2 Å². The van der Waals surface area contributed by atoms with Crippen LogP contribution in [0.1, 0.15) is 121 Å². The first kappa shape index (κ1) is 37.4. The van der Waals surface area contributed by atoms with Crippen molar-refractivity contribution in [1.82, 2.24) is 10.6 Å². The fraction of sp³-hybridized carbons (Fsp3) is 0.711. The minimum absolute atomic E-state index is 0.00378. The van der Waals surface area contributed by atoms with Gasteiger partial charge >= 0.3 is 17.9 Å². The Balaban J connectivity index is 1.86. The molecule has 1 fully saturated rings. The van der Waals surface area contributed by atoms with E-state index in [9.17, 15) is 14.4 Å². The van der Waals surface area contributed by atoms with E-state index in [-0.39, 0.29) is 52.5 Å². The Kier molecular flexibility index (Phi) is 12.1. The lowest BCUT2D eigenvalue weighted by Crippen LogP contribution is -2.48. The Morgan fingerprint density at radius 1 is 0.696 bits per heavy atom. The van der Waals surface area contributed by atoms with Crippen LogP contribution in [0.4, 0.5) is 0 Å². The molecule has 8 nitrogen and oxygen atoms in total. The van der Waals surface area contributed by atoms with Crippen LogP contribution in [0.15, 0.2) is 45.8 Å². The molecule has 3 aliphatic carbocycles. The molecule has 0 aromatic heterocycles. The first-order valence-electron chi connectivity index (χ1n) is 17.2. The molecule has 8 heteroatoms. The summed E-state index contributed by atoms with van der Waals surface area (Å²) in [7, 11) is 0. The molecule has 3 rings (SSSR count).